The first-order valence-electron chi connectivity index (χ1n) is 14.1. The number of piperazine rings is 1. The third-order valence-corrected chi connectivity index (χ3v) is 7.70. The Labute approximate surface area is 236 Å². The van der Waals surface area contributed by atoms with Gasteiger partial charge in [0, 0.05) is 31.9 Å². The zero-order chi connectivity index (χ0) is 28.7. The highest BCUT2D eigenvalue weighted by Crippen LogP contribution is 2.24. The molecule has 4 rings (SSSR count). The third kappa shape index (κ3) is 10.2. The van der Waals surface area contributed by atoms with Gasteiger partial charge in [-0.1, -0.05) is 57.5 Å². The fraction of sp³-hybridized carbons (Fsp3) is 0.438. The molecule has 1 aliphatic rings. The summed E-state index contributed by atoms with van der Waals surface area (Å²) in [6.45, 7) is 15.0. The van der Waals surface area contributed by atoms with Crippen molar-refractivity contribution in [2.45, 2.75) is 58.8 Å². The Morgan fingerprint density at radius 1 is 0.718 bits per heavy atom. The van der Waals surface area contributed by atoms with Crippen LogP contribution in [0.1, 0.15) is 51.7 Å². The molecular weight excluding hydrogens is 508 g/mol. The fourth-order valence-corrected chi connectivity index (χ4v) is 5.21. The number of anilines is 1. The molecule has 1 fully saturated rings. The van der Waals surface area contributed by atoms with Crippen LogP contribution in [0.5, 0.6) is 11.5 Å². The van der Waals surface area contributed by atoms with Crippen molar-refractivity contribution < 1.29 is 17.3 Å². The van der Waals surface area contributed by atoms with E-state index in [1.54, 1.807) is 43.5 Å². The fourth-order valence-electron chi connectivity index (χ4n) is 4.28. The van der Waals surface area contributed by atoms with E-state index in [1.807, 2.05) is 58.9 Å². The average molecular weight is 555 g/mol. The predicted octanol–water partition coefficient (Wildman–Crippen LogP) is 6.97. The Kier molecular flexibility index (Phi) is 13.9. The lowest BCUT2D eigenvalue weighted by Gasteiger charge is -2.36. The van der Waals surface area contributed by atoms with Crippen LogP contribution in [0.2, 0.25) is 0 Å². The van der Waals surface area contributed by atoms with Crippen LogP contribution in [0.25, 0.3) is 0 Å². The monoisotopic (exact) mass is 554 g/mol. The molecular formula is C32H46N2O4S. The zero-order valence-corrected chi connectivity index (χ0v) is 25.3. The summed E-state index contributed by atoms with van der Waals surface area (Å²) in [4.78, 5) is 5.02. The second-order valence-electron chi connectivity index (χ2n) is 8.98. The van der Waals surface area contributed by atoms with Gasteiger partial charge in [0.1, 0.15) is 16.4 Å². The summed E-state index contributed by atoms with van der Waals surface area (Å²) in [5, 5.41) is 0. The molecule has 1 heterocycles. The Morgan fingerprint density at radius 3 is 1.85 bits per heavy atom. The second-order valence-corrected chi connectivity index (χ2v) is 10.5. The van der Waals surface area contributed by atoms with Crippen molar-refractivity contribution in [3.8, 4) is 11.5 Å². The van der Waals surface area contributed by atoms with Gasteiger partial charge >= 0.3 is 10.1 Å². The Bertz CT molecular complexity index is 1170. The highest BCUT2D eigenvalue weighted by atomic mass is 32.2. The average Bonchev–Trinajstić information content (AvgIpc) is 2.98. The molecule has 39 heavy (non-hydrogen) atoms. The Hall–Kier alpha value is -3.03. The molecule has 0 aromatic heterocycles. The minimum Gasteiger partial charge on any atom is -0.497 e. The maximum atomic E-state index is 12.5. The molecule has 0 spiro atoms. The summed E-state index contributed by atoms with van der Waals surface area (Å²) < 4.78 is 35.6. The first-order valence-corrected chi connectivity index (χ1v) is 15.6. The summed E-state index contributed by atoms with van der Waals surface area (Å²) in [5.41, 5.74) is 3.45. The van der Waals surface area contributed by atoms with Crippen LogP contribution in [0, 0.1) is 6.92 Å². The molecule has 3 aromatic rings. The standard InChI is InChI=1S/C28H34N2O4S.2C2H6/c1-23-6-16-28(17-7-23)35(31,32)34-27-14-10-25(11-15-27)30-21-19-29(20-22-30)18-4-3-5-24-8-12-26(33-2)13-9-24;2*1-2/h6-17H,3-5,18-22H2,1-2H3;2*1-2H3. The maximum Gasteiger partial charge on any atom is 0.339 e. The first-order chi connectivity index (χ1) is 18.9. The molecule has 0 radical (unpaired) electrons. The number of rotatable bonds is 10. The van der Waals surface area contributed by atoms with Crippen molar-refractivity contribution in [2.24, 2.45) is 0 Å². The van der Waals surface area contributed by atoms with E-state index in [0.29, 0.717) is 5.75 Å². The summed E-state index contributed by atoms with van der Waals surface area (Å²) >= 11 is 0. The Balaban J connectivity index is 0.00000127. The highest BCUT2D eigenvalue weighted by molar-refractivity contribution is 7.87. The van der Waals surface area contributed by atoms with Crippen molar-refractivity contribution in [1.82, 2.24) is 4.90 Å². The number of aryl methyl sites for hydroxylation is 2. The lowest BCUT2D eigenvalue weighted by atomic mass is 10.1. The van der Waals surface area contributed by atoms with Crippen molar-refractivity contribution >= 4 is 15.8 Å². The van der Waals surface area contributed by atoms with Crippen LogP contribution in [-0.2, 0) is 16.5 Å². The third-order valence-electron chi connectivity index (χ3n) is 6.44. The zero-order valence-electron chi connectivity index (χ0n) is 24.5. The molecule has 214 valence electrons. The molecule has 0 aliphatic carbocycles. The van der Waals surface area contributed by atoms with Crippen molar-refractivity contribution in [1.29, 1.82) is 0 Å². The molecule has 0 bridgehead atoms. The van der Waals surface area contributed by atoms with Crippen LogP contribution in [0.4, 0.5) is 5.69 Å². The van der Waals surface area contributed by atoms with Crippen molar-refractivity contribution in [2.75, 3.05) is 44.7 Å². The van der Waals surface area contributed by atoms with E-state index < -0.39 is 10.1 Å². The van der Waals surface area contributed by atoms with E-state index in [0.717, 1.165) is 56.1 Å². The molecule has 1 saturated heterocycles. The van der Waals surface area contributed by atoms with Gasteiger partial charge in [-0.05, 0) is 86.8 Å². The molecule has 0 saturated carbocycles. The number of unbranched alkanes of at least 4 members (excludes halogenated alkanes) is 1. The largest absolute Gasteiger partial charge is 0.497 e. The van der Waals surface area contributed by atoms with Crippen LogP contribution in [0.15, 0.2) is 77.7 Å². The highest BCUT2D eigenvalue weighted by Gasteiger charge is 2.19. The predicted molar refractivity (Wildman–Crippen MR) is 163 cm³/mol. The van der Waals surface area contributed by atoms with E-state index in [-0.39, 0.29) is 4.90 Å². The molecule has 3 aromatic carbocycles. The van der Waals surface area contributed by atoms with Gasteiger partial charge in [0.25, 0.3) is 0 Å². The molecule has 0 unspecified atom stereocenters. The van der Waals surface area contributed by atoms with Gasteiger partial charge in [-0.3, -0.25) is 4.90 Å². The minimum absolute atomic E-state index is 0.160. The van der Waals surface area contributed by atoms with Crippen LogP contribution in [0.3, 0.4) is 0 Å². The number of nitrogens with zero attached hydrogens (tertiary/aromatic N) is 2. The van der Waals surface area contributed by atoms with Crippen LogP contribution in [-0.4, -0.2) is 53.2 Å². The molecule has 7 heteroatoms. The number of hydrogen-bond donors (Lipinski definition) is 0. The van der Waals surface area contributed by atoms with Crippen LogP contribution < -0.4 is 13.8 Å². The van der Waals surface area contributed by atoms with E-state index >= 15 is 0 Å². The van der Waals surface area contributed by atoms with Gasteiger partial charge in [-0.2, -0.15) is 8.42 Å². The van der Waals surface area contributed by atoms with Gasteiger partial charge in [0.15, 0.2) is 0 Å². The summed E-state index contributed by atoms with van der Waals surface area (Å²) in [7, 11) is -2.14. The summed E-state index contributed by atoms with van der Waals surface area (Å²) in [6, 6.07) is 22.3. The lowest BCUT2D eigenvalue weighted by molar-refractivity contribution is 0.253. The topological polar surface area (TPSA) is 59.1 Å². The number of ether oxygens (including phenoxy) is 1. The van der Waals surface area contributed by atoms with Gasteiger partial charge < -0.3 is 13.8 Å². The van der Waals surface area contributed by atoms with Crippen LogP contribution >= 0.6 is 0 Å². The van der Waals surface area contributed by atoms with Crippen molar-refractivity contribution in [3.63, 3.8) is 0 Å². The lowest BCUT2D eigenvalue weighted by Crippen LogP contribution is -2.46. The summed E-state index contributed by atoms with van der Waals surface area (Å²) in [5.74, 6) is 1.23. The summed E-state index contributed by atoms with van der Waals surface area (Å²) in [6.07, 6.45) is 3.46. The van der Waals surface area contributed by atoms with E-state index in [9.17, 15) is 8.42 Å². The van der Waals surface area contributed by atoms with Crippen molar-refractivity contribution in [3.05, 3.63) is 83.9 Å². The normalized spacial score (nSPS) is 13.4. The van der Waals surface area contributed by atoms with E-state index in [1.165, 1.54) is 18.4 Å². The van der Waals surface area contributed by atoms with Gasteiger partial charge in [0.2, 0.25) is 0 Å². The maximum absolute atomic E-state index is 12.5. The minimum atomic E-state index is -3.83. The van der Waals surface area contributed by atoms with Gasteiger partial charge in [-0.25, -0.2) is 0 Å². The molecule has 0 N–H and O–H groups in total. The smallest absolute Gasteiger partial charge is 0.339 e. The molecule has 1 aliphatic heterocycles. The quantitative estimate of drug-likeness (QED) is 0.199. The molecule has 0 atom stereocenters. The first kappa shape index (κ1) is 32.2. The van der Waals surface area contributed by atoms with E-state index in [2.05, 4.69) is 21.9 Å². The van der Waals surface area contributed by atoms with Gasteiger partial charge in [0.05, 0.1) is 7.11 Å². The SMILES string of the molecule is CC.CC.COc1ccc(CCCCN2CCN(c3ccc(OS(=O)(=O)c4ccc(C)cc4)cc3)CC2)cc1. The number of methoxy groups -OCH3 is 1. The molecule has 6 nitrogen and oxygen atoms in total. The number of hydrogen-bond acceptors (Lipinski definition) is 6. The van der Waals surface area contributed by atoms with E-state index in [4.69, 9.17) is 8.92 Å². The van der Waals surface area contributed by atoms with Gasteiger partial charge in [-0.15, -0.1) is 0 Å². The molecule has 0 amide bonds. The Morgan fingerprint density at radius 2 is 1.28 bits per heavy atom. The number of benzene rings is 3. The second kappa shape index (κ2) is 16.8.